The van der Waals surface area contributed by atoms with Crippen LogP contribution in [0.5, 0.6) is 5.75 Å². The molecule has 4 heteroatoms. The summed E-state index contributed by atoms with van der Waals surface area (Å²) >= 11 is 0. The molecule has 1 atom stereocenters. The lowest BCUT2D eigenvalue weighted by atomic mass is 10.1. The van der Waals surface area contributed by atoms with Crippen molar-refractivity contribution in [2.45, 2.75) is 32.7 Å². The van der Waals surface area contributed by atoms with E-state index in [-0.39, 0.29) is 0 Å². The molecule has 1 aromatic rings. The summed E-state index contributed by atoms with van der Waals surface area (Å²) in [6.07, 6.45) is 1.48. The molecule has 0 bridgehead atoms. The molecule has 1 unspecified atom stereocenters. The molecule has 0 spiro atoms. The summed E-state index contributed by atoms with van der Waals surface area (Å²) in [4.78, 5) is 13.2. The molecule has 1 aromatic carbocycles. The third-order valence-corrected chi connectivity index (χ3v) is 2.90. The first-order chi connectivity index (χ1) is 8.63. The first kappa shape index (κ1) is 14.4. The topological polar surface area (TPSA) is 49.8 Å². The number of anilines is 1. The third kappa shape index (κ3) is 3.39. The van der Waals surface area contributed by atoms with Crippen LogP contribution < -0.4 is 9.64 Å². The molecule has 1 rings (SSSR count). The fourth-order valence-electron chi connectivity index (χ4n) is 2.02. The Morgan fingerprint density at radius 2 is 2.17 bits per heavy atom. The van der Waals surface area contributed by atoms with E-state index in [1.165, 1.54) is 0 Å². The van der Waals surface area contributed by atoms with Gasteiger partial charge in [-0.15, -0.1) is 0 Å². The summed E-state index contributed by atoms with van der Waals surface area (Å²) in [6, 6.07) is 7.04. The minimum atomic E-state index is -0.784. The van der Waals surface area contributed by atoms with Crippen molar-refractivity contribution >= 4 is 11.7 Å². The normalized spacial score (nSPS) is 11.9. The van der Waals surface area contributed by atoms with Crippen LogP contribution in [0.15, 0.2) is 24.3 Å². The molecule has 4 nitrogen and oxygen atoms in total. The van der Waals surface area contributed by atoms with E-state index < -0.39 is 12.0 Å². The second-order valence-electron chi connectivity index (χ2n) is 4.16. The maximum atomic E-state index is 11.3. The molecule has 0 aliphatic carbocycles. The second kappa shape index (κ2) is 6.89. The van der Waals surface area contributed by atoms with Crippen molar-refractivity contribution in [3.63, 3.8) is 0 Å². The number of nitrogens with zero attached hydrogens (tertiary/aromatic N) is 1. The summed E-state index contributed by atoms with van der Waals surface area (Å²) in [7, 11) is 1.61. The van der Waals surface area contributed by atoms with Crippen molar-refractivity contribution in [1.82, 2.24) is 0 Å². The zero-order valence-corrected chi connectivity index (χ0v) is 11.2. The molecular formula is C14H21NO3. The Labute approximate surface area is 108 Å². The summed E-state index contributed by atoms with van der Waals surface area (Å²) in [6.45, 7) is 4.65. The Morgan fingerprint density at radius 3 is 2.67 bits per heavy atom. The smallest absolute Gasteiger partial charge is 0.326 e. The number of aliphatic carboxylic acids is 1. The van der Waals surface area contributed by atoms with Gasteiger partial charge in [-0.3, -0.25) is 0 Å². The van der Waals surface area contributed by atoms with Crippen LogP contribution in [0.1, 0.15) is 26.7 Å². The van der Waals surface area contributed by atoms with Gasteiger partial charge in [-0.05, 0) is 25.0 Å². The van der Waals surface area contributed by atoms with Crippen molar-refractivity contribution in [3.05, 3.63) is 24.3 Å². The first-order valence-electron chi connectivity index (χ1n) is 6.27. The zero-order chi connectivity index (χ0) is 13.5. The average molecular weight is 251 g/mol. The molecule has 0 saturated heterocycles. The highest BCUT2D eigenvalue weighted by atomic mass is 16.5. The number of rotatable bonds is 7. The maximum absolute atomic E-state index is 11.3. The zero-order valence-electron chi connectivity index (χ0n) is 11.2. The van der Waals surface area contributed by atoms with Crippen molar-refractivity contribution in [2.75, 3.05) is 18.6 Å². The Bertz CT molecular complexity index is 392. The molecule has 0 heterocycles. The number of ether oxygens (including phenoxy) is 1. The third-order valence-electron chi connectivity index (χ3n) is 2.90. The van der Waals surface area contributed by atoms with Gasteiger partial charge < -0.3 is 14.7 Å². The minimum Gasteiger partial charge on any atom is -0.497 e. The van der Waals surface area contributed by atoms with Crippen LogP contribution in [0.2, 0.25) is 0 Å². The van der Waals surface area contributed by atoms with Gasteiger partial charge in [0.05, 0.1) is 7.11 Å². The number of benzene rings is 1. The quantitative estimate of drug-likeness (QED) is 0.809. The van der Waals surface area contributed by atoms with Gasteiger partial charge in [-0.2, -0.15) is 0 Å². The molecule has 0 aliphatic heterocycles. The number of methoxy groups -OCH3 is 1. The molecule has 18 heavy (non-hydrogen) atoms. The van der Waals surface area contributed by atoms with Gasteiger partial charge in [0.2, 0.25) is 0 Å². The summed E-state index contributed by atoms with van der Waals surface area (Å²) in [5, 5.41) is 9.29. The highest BCUT2D eigenvalue weighted by Crippen LogP contribution is 2.24. The van der Waals surface area contributed by atoms with Gasteiger partial charge in [-0.1, -0.05) is 19.9 Å². The van der Waals surface area contributed by atoms with Gasteiger partial charge >= 0.3 is 5.97 Å². The van der Waals surface area contributed by atoms with E-state index in [2.05, 4.69) is 0 Å². The van der Waals surface area contributed by atoms with E-state index in [4.69, 9.17) is 4.74 Å². The first-order valence-corrected chi connectivity index (χ1v) is 6.27. The molecule has 0 amide bonds. The summed E-state index contributed by atoms with van der Waals surface area (Å²) in [5.74, 6) is -0.0392. The van der Waals surface area contributed by atoms with Crippen molar-refractivity contribution in [1.29, 1.82) is 0 Å². The number of carbonyl (C=O) groups is 1. The number of hydrogen-bond acceptors (Lipinski definition) is 3. The molecule has 0 saturated carbocycles. The van der Waals surface area contributed by atoms with Gasteiger partial charge in [0, 0.05) is 18.3 Å². The largest absolute Gasteiger partial charge is 0.497 e. The van der Waals surface area contributed by atoms with Gasteiger partial charge in [0.1, 0.15) is 11.8 Å². The monoisotopic (exact) mass is 251 g/mol. The molecule has 100 valence electrons. The van der Waals surface area contributed by atoms with Crippen molar-refractivity contribution < 1.29 is 14.6 Å². The van der Waals surface area contributed by atoms with Crippen LogP contribution in [0.4, 0.5) is 5.69 Å². The van der Waals surface area contributed by atoms with Crippen molar-refractivity contribution in [2.24, 2.45) is 0 Å². The summed E-state index contributed by atoms with van der Waals surface area (Å²) < 4.78 is 5.18. The number of hydrogen-bond donors (Lipinski definition) is 1. The van der Waals surface area contributed by atoms with E-state index in [0.29, 0.717) is 6.42 Å². The predicted molar refractivity (Wildman–Crippen MR) is 72.3 cm³/mol. The predicted octanol–water partition coefficient (Wildman–Crippen LogP) is 2.77. The van der Waals surface area contributed by atoms with Crippen LogP contribution in [0.3, 0.4) is 0 Å². The van der Waals surface area contributed by atoms with Gasteiger partial charge in [0.25, 0.3) is 0 Å². The fraction of sp³-hybridized carbons (Fsp3) is 0.500. The Morgan fingerprint density at radius 1 is 1.44 bits per heavy atom. The molecular weight excluding hydrogens is 230 g/mol. The Balaban J connectivity index is 3.05. The standard InChI is InChI=1S/C14H21NO3/c1-4-9-15(13(5-2)14(16)17)11-7-6-8-12(10-11)18-3/h6-8,10,13H,4-5,9H2,1-3H3,(H,16,17). The van der Waals surface area contributed by atoms with E-state index in [9.17, 15) is 9.90 Å². The number of carboxylic acid groups (broad SMARTS) is 1. The molecule has 0 radical (unpaired) electrons. The fourth-order valence-corrected chi connectivity index (χ4v) is 2.02. The van der Waals surface area contributed by atoms with Crippen LogP contribution in [0, 0.1) is 0 Å². The molecule has 0 fully saturated rings. The highest BCUT2D eigenvalue weighted by molar-refractivity contribution is 5.78. The van der Waals surface area contributed by atoms with E-state index >= 15 is 0 Å². The van der Waals surface area contributed by atoms with Gasteiger partial charge in [-0.25, -0.2) is 4.79 Å². The lowest BCUT2D eigenvalue weighted by Gasteiger charge is -2.30. The Kier molecular flexibility index (Phi) is 5.49. The lowest BCUT2D eigenvalue weighted by Crippen LogP contribution is -2.41. The lowest BCUT2D eigenvalue weighted by molar-refractivity contribution is -0.138. The molecule has 0 aromatic heterocycles. The summed E-state index contributed by atoms with van der Waals surface area (Å²) in [5.41, 5.74) is 0.894. The van der Waals surface area contributed by atoms with Crippen LogP contribution in [-0.2, 0) is 4.79 Å². The van der Waals surface area contributed by atoms with E-state index in [0.717, 1.165) is 24.4 Å². The number of carboxylic acids is 1. The van der Waals surface area contributed by atoms with Crippen molar-refractivity contribution in [3.8, 4) is 5.75 Å². The average Bonchev–Trinajstić information content (AvgIpc) is 2.38. The highest BCUT2D eigenvalue weighted by Gasteiger charge is 2.23. The van der Waals surface area contributed by atoms with Gasteiger partial charge in [0.15, 0.2) is 0 Å². The van der Waals surface area contributed by atoms with Crippen LogP contribution in [0.25, 0.3) is 0 Å². The minimum absolute atomic E-state index is 0.489. The Hall–Kier alpha value is -1.71. The van der Waals surface area contributed by atoms with Crippen LogP contribution in [-0.4, -0.2) is 30.8 Å². The van der Waals surface area contributed by atoms with E-state index in [1.54, 1.807) is 7.11 Å². The maximum Gasteiger partial charge on any atom is 0.326 e. The van der Waals surface area contributed by atoms with Crippen LogP contribution >= 0.6 is 0 Å². The molecule has 0 aliphatic rings. The van der Waals surface area contributed by atoms with E-state index in [1.807, 2.05) is 43.0 Å². The molecule has 1 N–H and O–H groups in total. The SMILES string of the molecule is CCCN(c1cccc(OC)c1)C(CC)C(=O)O. The second-order valence-corrected chi connectivity index (χ2v) is 4.16.